The van der Waals surface area contributed by atoms with Crippen LogP contribution in [0.2, 0.25) is 0 Å². The van der Waals surface area contributed by atoms with Crippen LogP contribution in [0.5, 0.6) is 0 Å². The van der Waals surface area contributed by atoms with E-state index in [0.717, 1.165) is 12.8 Å². The molecule has 2 N–H and O–H groups in total. The van der Waals surface area contributed by atoms with Gasteiger partial charge in [-0.2, -0.15) is 0 Å². The van der Waals surface area contributed by atoms with E-state index in [0.29, 0.717) is 5.92 Å². The van der Waals surface area contributed by atoms with Gasteiger partial charge in [0.2, 0.25) is 6.29 Å². The Bertz CT molecular complexity index is 557. The lowest BCUT2D eigenvalue weighted by molar-refractivity contribution is -0.164. The van der Waals surface area contributed by atoms with Gasteiger partial charge in [0.15, 0.2) is 0 Å². The first-order valence-electron chi connectivity index (χ1n) is 8.29. The van der Waals surface area contributed by atoms with E-state index in [1.807, 2.05) is 0 Å². The number of rotatable bonds is 7. The van der Waals surface area contributed by atoms with E-state index in [1.165, 1.54) is 12.5 Å². The molecule has 134 valence electrons. The van der Waals surface area contributed by atoms with Crippen molar-refractivity contribution in [3.05, 3.63) is 11.6 Å². The molecule has 1 amide bonds. The van der Waals surface area contributed by atoms with Crippen LogP contribution in [-0.4, -0.2) is 36.0 Å². The maximum Gasteiger partial charge on any atom is 0.410 e. The van der Waals surface area contributed by atoms with Gasteiger partial charge in [-0.25, -0.2) is 4.79 Å². The number of allylic oxidation sites excluding steroid dienone is 2. The molecule has 0 spiro atoms. The monoisotopic (exact) mass is 339 g/mol. The van der Waals surface area contributed by atoms with E-state index in [4.69, 9.17) is 9.47 Å². The minimum Gasteiger partial charge on any atom is -0.481 e. The number of carboxylic acids is 1. The fourth-order valence-electron chi connectivity index (χ4n) is 3.90. The second-order valence-corrected chi connectivity index (χ2v) is 6.81. The van der Waals surface area contributed by atoms with Gasteiger partial charge >= 0.3 is 18.0 Å². The van der Waals surface area contributed by atoms with Gasteiger partial charge in [-0.15, -0.1) is 0 Å². The van der Waals surface area contributed by atoms with Crippen LogP contribution in [0.1, 0.15) is 46.5 Å². The van der Waals surface area contributed by atoms with Gasteiger partial charge in [0.05, 0.1) is 6.42 Å². The highest BCUT2D eigenvalue weighted by Gasteiger charge is 2.55. The maximum absolute atomic E-state index is 11.9. The zero-order valence-electron chi connectivity index (χ0n) is 14.3. The van der Waals surface area contributed by atoms with E-state index in [2.05, 4.69) is 18.3 Å². The number of carboxylic acid groups (broad SMARTS) is 1. The summed E-state index contributed by atoms with van der Waals surface area (Å²) in [6.07, 6.45) is 2.44. The molecule has 0 aromatic heterocycles. The Morgan fingerprint density at radius 1 is 1.42 bits per heavy atom. The minimum atomic E-state index is -0.976. The molecule has 24 heavy (non-hydrogen) atoms. The summed E-state index contributed by atoms with van der Waals surface area (Å²) in [5.41, 5.74) is 0.816. The van der Waals surface area contributed by atoms with Crippen molar-refractivity contribution in [2.24, 2.45) is 17.3 Å². The maximum atomic E-state index is 11.9. The number of esters is 1. The van der Waals surface area contributed by atoms with Crippen molar-refractivity contribution >= 4 is 18.0 Å². The Balaban J connectivity index is 1.89. The van der Waals surface area contributed by atoms with E-state index < -0.39 is 29.7 Å². The van der Waals surface area contributed by atoms with Gasteiger partial charge in [0.25, 0.3) is 0 Å². The number of carbonyl (C=O) groups is 3. The highest BCUT2D eigenvalue weighted by Crippen LogP contribution is 2.59. The molecule has 7 nitrogen and oxygen atoms in total. The molecule has 1 fully saturated rings. The number of ether oxygens (including phenoxy) is 2. The fourth-order valence-corrected chi connectivity index (χ4v) is 3.90. The molecule has 0 aromatic rings. The number of aliphatic carboxylic acids is 1. The molecule has 0 unspecified atom stereocenters. The van der Waals surface area contributed by atoms with Gasteiger partial charge in [-0.1, -0.05) is 18.6 Å². The average molecular weight is 339 g/mol. The number of hydrogen-bond acceptors (Lipinski definition) is 5. The summed E-state index contributed by atoms with van der Waals surface area (Å²) in [5.74, 6) is -0.659. The highest BCUT2D eigenvalue weighted by molar-refractivity contribution is 5.71. The third-order valence-electron chi connectivity index (χ3n) is 4.88. The van der Waals surface area contributed by atoms with Crippen LogP contribution < -0.4 is 5.32 Å². The van der Waals surface area contributed by atoms with Crippen LogP contribution in [0, 0.1) is 17.3 Å². The molecule has 7 heteroatoms. The lowest BCUT2D eigenvalue weighted by Gasteiger charge is -2.51. The lowest BCUT2D eigenvalue weighted by Crippen LogP contribution is -2.53. The van der Waals surface area contributed by atoms with Crippen molar-refractivity contribution in [1.29, 1.82) is 0 Å². The van der Waals surface area contributed by atoms with Crippen LogP contribution in [0.4, 0.5) is 4.79 Å². The van der Waals surface area contributed by atoms with Crippen LogP contribution >= 0.6 is 0 Å². The van der Waals surface area contributed by atoms with Gasteiger partial charge in [0.1, 0.15) is 0 Å². The zero-order valence-corrected chi connectivity index (χ0v) is 14.3. The SMILES string of the molecule is CCC(=O)O[C@H](C)OC(=O)NC[C@@]1(CC(=O)O)C[C@H]2CC(C)=C[C@@H]21. The zero-order chi connectivity index (χ0) is 17.9. The molecule has 0 bridgehead atoms. The third kappa shape index (κ3) is 4.07. The number of hydrogen-bond donors (Lipinski definition) is 2. The van der Waals surface area contributed by atoms with Crippen LogP contribution in [0.15, 0.2) is 11.6 Å². The molecule has 0 aromatic carbocycles. The van der Waals surface area contributed by atoms with Crippen molar-refractivity contribution in [3.63, 3.8) is 0 Å². The molecule has 2 rings (SSSR count). The minimum absolute atomic E-state index is 0.0125. The predicted octanol–water partition coefficient (Wildman–Crippen LogP) is 2.46. The van der Waals surface area contributed by atoms with Crippen molar-refractivity contribution in [3.8, 4) is 0 Å². The summed E-state index contributed by atoms with van der Waals surface area (Å²) in [6.45, 7) is 5.39. The number of carbonyl (C=O) groups excluding carboxylic acids is 2. The molecule has 0 saturated heterocycles. The first-order chi connectivity index (χ1) is 11.3. The summed E-state index contributed by atoms with van der Waals surface area (Å²) >= 11 is 0. The van der Waals surface area contributed by atoms with Gasteiger partial charge in [-0.3, -0.25) is 9.59 Å². The molecule has 2 aliphatic rings. The van der Waals surface area contributed by atoms with Crippen LogP contribution in [-0.2, 0) is 19.1 Å². The Morgan fingerprint density at radius 2 is 2.12 bits per heavy atom. The third-order valence-corrected chi connectivity index (χ3v) is 4.88. The van der Waals surface area contributed by atoms with Gasteiger partial charge in [0, 0.05) is 25.3 Å². The molecule has 0 aliphatic heterocycles. The van der Waals surface area contributed by atoms with Crippen LogP contribution in [0.3, 0.4) is 0 Å². The Hall–Kier alpha value is -2.05. The predicted molar refractivity (Wildman–Crippen MR) is 85.0 cm³/mol. The van der Waals surface area contributed by atoms with Crippen LogP contribution in [0.25, 0.3) is 0 Å². The van der Waals surface area contributed by atoms with Crippen molar-refractivity contribution in [2.45, 2.75) is 52.7 Å². The molecular weight excluding hydrogens is 314 g/mol. The van der Waals surface area contributed by atoms with E-state index >= 15 is 0 Å². The highest BCUT2D eigenvalue weighted by atomic mass is 16.7. The molecule has 4 atom stereocenters. The largest absolute Gasteiger partial charge is 0.481 e. The Kier molecular flexibility index (Phi) is 5.51. The molecule has 1 saturated carbocycles. The van der Waals surface area contributed by atoms with Crippen molar-refractivity contribution in [1.82, 2.24) is 5.32 Å². The lowest BCUT2D eigenvalue weighted by atomic mass is 9.53. The topological polar surface area (TPSA) is 102 Å². The van der Waals surface area contributed by atoms with Crippen molar-refractivity contribution in [2.75, 3.05) is 6.54 Å². The summed E-state index contributed by atoms with van der Waals surface area (Å²) in [6, 6.07) is 0. The smallest absolute Gasteiger partial charge is 0.410 e. The number of nitrogens with one attached hydrogen (secondary N) is 1. The average Bonchev–Trinajstić information content (AvgIpc) is 2.79. The normalized spacial score (nSPS) is 28.9. The molecule has 0 radical (unpaired) electrons. The summed E-state index contributed by atoms with van der Waals surface area (Å²) in [7, 11) is 0. The Labute approximate surface area is 141 Å². The number of alkyl carbamates (subject to hydrolysis) is 1. The number of amides is 1. The standard InChI is InChI=1S/C17H25NO6/c1-4-15(21)23-11(3)24-16(22)18-9-17(8-14(19)20)7-12-5-10(2)6-13(12)17/h6,11-13H,4-5,7-9H2,1-3H3,(H,18,22)(H,19,20)/t11-,12+,13-,17-/m0/s1. The second kappa shape index (κ2) is 7.23. The summed E-state index contributed by atoms with van der Waals surface area (Å²) < 4.78 is 9.83. The van der Waals surface area contributed by atoms with Gasteiger partial charge in [-0.05, 0) is 31.6 Å². The van der Waals surface area contributed by atoms with Crippen molar-refractivity contribution < 1.29 is 29.0 Å². The quantitative estimate of drug-likeness (QED) is 0.420. The van der Waals surface area contributed by atoms with E-state index in [-0.39, 0.29) is 25.3 Å². The summed E-state index contributed by atoms with van der Waals surface area (Å²) in [4.78, 5) is 34.2. The van der Waals surface area contributed by atoms with E-state index in [9.17, 15) is 19.5 Å². The second-order valence-electron chi connectivity index (χ2n) is 6.81. The number of fused-ring (bicyclic) bond motifs is 1. The molecular formula is C17H25NO6. The summed E-state index contributed by atoms with van der Waals surface area (Å²) in [5, 5.41) is 11.9. The molecule has 0 heterocycles. The van der Waals surface area contributed by atoms with Gasteiger partial charge < -0.3 is 19.9 Å². The van der Waals surface area contributed by atoms with E-state index in [1.54, 1.807) is 6.92 Å². The fraction of sp³-hybridized carbons (Fsp3) is 0.706. The Morgan fingerprint density at radius 3 is 2.71 bits per heavy atom. The first-order valence-corrected chi connectivity index (χ1v) is 8.29. The molecule has 2 aliphatic carbocycles. The first kappa shape index (κ1) is 18.3.